The molecule has 0 bridgehead atoms. The lowest BCUT2D eigenvalue weighted by Gasteiger charge is -2.18. The average Bonchev–Trinajstić information content (AvgIpc) is 2.65. The minimum atomic E-state index is -0.387. The van der Waals surface area contributed by atoms with E-state index in [9.17, 15) is 9.59 Å². The molecule has 2 atom stereocenters. The van der Waals surface area contributed by atoms with Crippen LogP contribution < -0.4 is 0 Å². The lowest BCUT2D eigenvalue weighted by molar-refractivity contribution is -0.160. The van der Waals surface area contributed by atoms with Gasteiger partial charge in [0, 0.05) is 6.42 Å². The topological polar surface area (TPSA) is 55.8 Å². The molecule has 166 valence electrons. The Bertz CT molecular complexity index is 398. The van der Waals surface area contributed by atoms with Crippen molar-refractivity contribution >= 4 is 11.9 Å². The van der Waals surface area contributed by atoms with Crippen LogP contribution in [0.25, 0.3) is 0 Å². The first kappa shape index (κ1) is 26.9. The van der Waals surface area contributed by atoms with Crippen LogP contribution in [-0.2, 0) is 19.1 Å². The van der Waals surface area contributed by atoms with Crippen LogP contribution in [0.4, 0.5) is 0 Å². The van der Waals surface area contributed by atoms with Gasteiger partial charge >= 0.3 is 11.9 Å². The Kier molecular flexibility index (Phi) is 17.3. The number of rotatable bonds is 18. The third-order valence-corrected chi connectivity index (χ3v) is 4.91. The van der Waals surface area contributed by atoms with Crippen molar-refractivity contribution < 1.29 is 19.1 Å². The molecule has 5 nitrogen and oxygen atoms in total. The van der Waals surface area contributed by atoms with E-state index in [0.717, 1.165) is 45.1 Å². The molecule has 0 aromatic heterocycles. The molecule has 5 heteroatoms. The number of nitrogens with zero attached hydrogens (tertiary/aromatic N) is 1. The van der Waals surface area contributed by atoms with E-state index >= 15 is 0 Å². The van der Waals surface area contributed by atoms with E-state index in [-0.39, 0.29) is 30.6 Å². The van der Waals surface area contributed by atoms with E-state index in [1.807, 2.05) is 14.1 Å². The van der Waals surface area contributed by atoms with E-state index in [0.29, 0.717) is 6.42 Å². The largest absolute Gasteiger partial charge is 0.462 e. The Hall–Kier alpha value is -1.10. The molecule has 0 aliphatic carbocycles. The zero-order chi connectivity index (χ0) is 21.2. The quantitative estimate of drug-likeness (QED) is 0.229. The fourth-order valence-corrected chi connectivity index (χ4v) is 3.23. The maximum Gasteiger partial charge on any atom is 0.309 e. The SMILES string of the molecule is CCCCCCCCC(CCC)C(=O)OCC(C)OC(=O)CCCCN(C)C. The van der Waals surface area contributed by atoms with Crippen LogP contribution in [0.2, 0.25) is 0 Å². The Morgan fingerprint density at radius 2 is 1.54 bits per heavy atom. The van der Waals surface area contributed by atoms with Gasteiger partial charge < -0.3 is 14.4 Å². The van der Waals surface area contributed by atoms with Gasteiger partial charge in [0.15, 0.2) is 0 Å². The highest BCUT2D eigenvalue weighted by molar-refractivity contribution is 5.72. The molecule has 0 aromatic rings. The van der Waals surface area contributed by atoms with Crippen LogP contribution in [0.1, 0.15) is 97.8 Å². The zero-order valence-corrected chi connectivity index (χ0v) is 19.1. The van der Waals surface area contributed by atoms with E-state index in [1.165, 1.54) is 32.1 Å². The van der Waals surface area contributed by atoms with Gasteiger partial charge in [0.05, 0.1) is 5.92 Å². The molecule has 0 spiro atoms. The third kappa shape index (κ3) is 15.9. The first-order valence-electron chi connectivity index (χ1n) is 11.4. The van der Waals surface area contributed by atoms with Gasteiger partial charge in [0.2, 0.25) is 0 Å². The van der Waals surface area contributed by atoms with E-state index in [4.69, 9.17) is 9.47 Å². The van der Waals surface area contributed by atoms with Gasteiger partial charge in [-0.05, 0) is 53.2 Å². The summed E-state index contributed by atoms with van der Waals surface area (Å²) in [6.07, 6.45) is 11.9. The zero-order valence-electron chi connectivity index (χ0n) is 19.1. The van der Waals surface area contributed by atoms with Crippen molar-refractivity contribution in [2.24, 2.45) is 5.92 Å². The Labute approximate surface area is 173 Å². The normalized spacial score (nSPS) is 13.4. The van der Waals surface area contributed by atoms with Gasteiger partial charge in [0.1, 0.15) is 12.7 Å². The molecular weight excluding hydrogens is 354 g/mol. The van der Waals surface area contributed by atoms with Crippen molar-refractivity contribution in [3.8, 4) is 0 Å². The Morgan fingerprint density at radius 1 is 0.857 bits per heavy atom. The minimum absolute atomic E-state index is 0.0230. The molecular formula is C23H45NO4. The van der Waals surface area contributed by atoms with Crippen LogP contribution >= 0.6 is 0 Å². The maximum absolute atomic E-state index is 12.4. The molecule has 28 heavy (non-hydrogen) atoms. The molecule has 0 saturated carbocycles. The van der Waals surface area contributed by atoms with Crippen LogP contribution in [0.15, 0.2) is 0 Å². The third-order valence-electron chi connectivity index (χ3n) is 4.91. The smallest absolute Gasteiger partial charge is 0.309 e. The molecule has 0 aromatic carbocycles. The molecule has 0 aliphatic rings. The second-order valence-corrected chi connectivity index (χ2v) is 8.23. The van der Waals surface area contributed by atoms with Gasteiger partial charge in [-0.15, -0.1) is 0 Å². The van der Waals surface area contributed by atoms with Crippen molar-refractivity contribution in [3.05, 3.63) is 0 Å². The van der Waals surface area contributed by atoms with E-state index < -0.39 is 0 Å². The van der Waals surface area contributed by atoms with Gasteiger partial charge in [-0.3, -0.25) is 9.59 Å². The molecule has 0 amide bonds. The number of esters is 2. The molecule has 0 fully saturated rings. The molecule has 0 N–H and O–H groups in total. The van der Waals surface area contributed by atoms with Crippen molar-refractivity contribution in [1.82, 2.24) is 4.90 Å². The highest BCUT2D eigenvalue weighted by atomic mass is 16.6. The van der Waals surface area contributed by atoms with Gasteiger partial charge in [-0.1, -0.05) is 58.8 Å². The summed E-state index contributed by atoms with van der Waals surface area (Å²) in [6.45, 7) is 7.23. The first-order chi connectivity index (χ1) is 13.4. The standard InChI is InChI=1S/C23H45NO4/c1-6-8-9-10-11-12-16-21(15-7-2)23(26)27-19-20(3)28-22(25)17-13-14-18-24(4)5/h20-21H,6-19H2,1-5H3. The summed E-state index contributed by atoms with van der Waals surface area (Å²) in [7, 11) is 4.04. The summed E-state index contributed by atoms with van der Waals surface area (Å²) in [5, 5.41) is 0. The molecule has 0 heterocycles. The predicted molar refractivity (Wildman–Crippen MR) is 115 cm³/mol. The number of carbonyl (C=O) groups excluding carboxylic acids is 2. The van der Waals surface area contributed by atoms with Crippen LogP contribution in [-0.4, -0.2) is 50.2 Å². The van der Waals surface area contributed by atoms with Crippen molar-refractivity contribution in [2.75, 3.05) is 27.2 Å². The van der Waals surface area contributed by atoms with Gasteiger partial charge in [-0.2, -0.15) is 0 Å². The van der Waals surface area contributed by atoms with E-state index in [2.05, 4.69) is 18.7 Å². The molecule has 2 unspecified atom stereocenters. The number of carbonyl (C=O) groups is 2. The number of hydrogen-bond acceptors (Lipinski definition) is 5. The summed E-state index contributed by atoms with van der Waals surface area (Å²) in [5.74, 6) is -0.367. The lowest BCUT2D eigenvalue weighted by atomic mass is 9.96. The van der Waals surface area contributed by atoms with Crippen LogP contribution in [0.5, 0.6) is 0 Å². The van der Waals surface area contributed by atoms with E-state index in [1.54, 1.807) is 6.92 Å². The average molecular weight is 400 g/mol. The second-order valence-electron chi connectivity index (χ2n) is 8.23. The van der Waals surface area contributed by atoms with Crippen LogP contribution in [0.3, 0.4) is 0 Å². The Balaban J connectivity index is 4.01. The predicted octanol–water partition coefficient (Wildman–Crippen LogP) is 5.36. The monoisotopic (exact) mass is 399 g/mol. The van der Waals surface area contributed by atoms with Crippen molar-refractivity contribution in [1.29, 1.82) is 0 Å². The van der Waals surface area contributed by atoms with Gasteiger partial charge in [-0.25, -0.2) is 0 Å². The molecule has 0 rings (SSSR count). The molecule has 0 saturated heterocycles. The summed E-state index contributed by atoms with van der Waals surface area (Å²) in [6, 6.07) is 0. The van der Waals surface area contributed by atoms with Crippen molar-refractivity contribution in [2.45, 2.75) is 104 Å². The maximum atomic E-state index is 12.4. The molecule has 0 aliphatic heterocycles. The summed E-state index contributed by atoms with van der Waals surface area (Å²) in [5.41, 5.74) is 0. The van der Waals surface area contributed by atoms with Crippen molar-refractivity contribution in [3.63, 3.8) is 0 Å². The molecule has 0 radical (unpaired) electrons. The number of unbranched alkanes of at least 4 members (excludes halogenated alkanes) is 6. The number of ether oxygens (including phenoxy) is 2. The second kappa shape index (κ2) is 18.0. The fraction of sp³-hybridized carbons (Fsp3) is 0.913. The summed E-state index contributed by atoms with van der Waals surface area (Å²) >= 11 is 0. The first-order valence-corrected chi connectivity index (χ1v) is 11.4. The summed E-state index contributed by atoms with van der Waals surface area (Å²) in [4.78, 5) is 26.4. The highest BCUT2D eigenvalue weighted by Crippen LogP contribution is 2.18. The highest BCUT2D eigenvalue weighted by Gasteiger charge is 2.20. The van der Waals surface area contributed by atoms with Crippen LogP contribution in [0, 0.1) is 5.92 Å². The Morgan fingerprint density at radius 3 is 2.18 bits per heavy atom. The van der Waals surface area contributed by atoms with Gasteiger partial charge in [0.25, 0.3) is 0 Å². The minimum Gasteiger partial charge on any atom is -0.462 e. The lowest BCUT2D eigenvalue weighted by Crippen LogP contribution is -2.25. The summed E-state index contributed by atoms with van der Waals surface area (Å²) < 4.78 is 10.8. The number of hydrogen-bond donors (Lipinski definition) is 0. The fourth-order valence-electron chi connectivity index (χ4n) is 3.23.